The van der Waals surface area contributed by atoms with E-state index in [0.717, 1.165) is 6.07 Å². The molecule has 5 nitrogen and oxygen atoms in total. The number of halogens is 2. The lowest BCUT2D eigenvalue weighted by Gasteiger charge is -2.00. The maximum absolute atomic E-state index is 12.2. The van der Waals surface area contributed by atoms with Crippen molar-refractivity contribution in [3.8, 4) is 0 Å². The number of hydrogen-bond acceptors (Lipinski definition) is 4. The zero-order chi connectivity index (χ0) is 12.3. The molecule has 0 aromatic heterocycles. The van der Waals surface area contributed by atoms with Crippen molar-refractivity contribution >= 4 is 27.5 Å². The highest BCUT2D eigenvalue weighted by Gasteiger charge is 2.14. The van der Waals surface area contributed by atoms with Gasteiger partial charge in [-0.2, -0.15) is 8.42 Å². The molecule has 0 aliphatic carbocycles. The van der Waals surface area contributed by atoms with E-state index in [1.807, 2.05) is 0 Å². The molecule has 1 aromatic carbocycles. The second kappa shape index (κ2) is 4.75. The van der Waals surface area contributed by atoms with Crippen molar-refractivity contribution in [2.75, 3.05) is 5.75 Å². The average molecular weight is 268 g/mol. The Bertz CT molecular complexity index is 517. The van der Waals surface area contributed by atoms with Crippen molar-refractivity contribution in [2.45, 2.75) is 6.42 Å². The van der Waals surface area contributed by atoms with Gasteiger partial charge in [-0.05, 0) is 18.1 Å². The Kier molecular flexibility index (Phi) is 3.82. The molecule has 0 N–H and O–H groups in total. The van der Waals surface area contributed by atoms with Crippen LogP contribution in [0.2, 0.25) is 5.02 Å². The van der Waals surface area contributed by atoms with Crippen molar-refractivity contribution in [3.63, 3.8) is 0 Å². The predicted octanol–water partition coefficient (Wildman–Crippen LogP) is 2.09. The third-order valence-electron chi connectivity index (χ3n) is 1.84. The third-order valence-corrected chi connectivity index (χ3v) is 2.85. The molecular formula is C8H7ClFNO4S. The summed E-state index contributed by atoms with van der Waals surface area (Å²) in [7, 11) is -4.57. The van der Waals surface area contributed by atoms with Crippen LogP contribution in [-0.2, 0) is 16.6 Å². The van der Waals surface area contributed by atoms with E-state index in [2.05, 4.69) is 0 Å². The second-order valence-electron chi connectivity index (χ2n) is 3.04. The Labute approximate surface area is 96.2 Å². The molecule has 0 aliphatic rings. The number of nitro groups is 1. The predicted molar refractivity (Wildman–Crippen MR) is 56.7 cm³/mol. The van der Waals surface area contributed by atoms with Crippen LogP contribution in [0.25, 0.3) is 0 Å². The molecule has 0 unspecified atom stereocenters. The highest BCUT2D eigenvalue weighted by Crippen LogP contribution is 2.25. The zero-order valence-electron chi connectivity index (χ0n) is 7.89. The highest BCUT2D eigenvalue weighted by atomic mass is 35.5. The van der Waals surface area contributed by atoms with E-state index in [0.29, 0.717) is 5.56 Å². The molecule has 0 saturated heterocycles. The van der Waals surface area contributed by atoms with Crippen LogP contribution in [0.15, 0.2) is 18.2 Å². The Morgan fingerprint density at radius 2 is 2.06 bits per heavy atom. The molecule has 0 fully saturated rings. The summed E-state index contributed by atoms with van der Waals surface area (Å²) in [5, 5.41) is 10.5. The van der Waals surface area contributed by atoms with Gasteiger partial charge in [0, 0.05) is 6.07 Å². The van der Waals surface area contributed by atoms with Gasteiger partial charge in [0.1, 0.15) is 5.02 Å². The van der Waals surface area contributed by atoms with Crippen LogP contribution in [0.1, 0.15) is 5.56 Å². The summed E-state index contributed by atoms with van der Waals surface area (Å²) in [6, 6.07) is 3.83. The number of benzene rings is 1. The van der Waals surface area contributed by atoms with Crippen LogP contribution in [0.5, 0.6) is 0 Å². The van der Waals surface area contributed by atoms with Gasteiger partial charge >= 0.3 is 10.2 Å². The quantitative estimate of drug-likeness (QED) is 0.475. The van der Waals surface area contributed by atoms with Crippen LogP contribution in [0.4, 0.5) is 9.57 Å². The Balaban J connectivity index is 2.91. The van der Waals surface area contributed by atoms with Crippen LogP contribution in [0.3, 0.4) is 0 Å². The van der Waals surface area contributed by atoms with Gasteiger partial charge in [-0.25, -0.2) is 0 Å². The maximum atomic E-state index is 12.2. The van der Waals surface area contributed by atoms with Crippen LogP contribution in [0, 0.1) is 10.1 Å². The summed E-state index contributed by atoms with van der Waals surface area (Å²) < 4.78 is 32.8. The summed E-state index contributed by atoms with van der Waals surface area (Å²) in [5.41, 5.74) is 0.0211. The molecule has 0 bridgehead atoms. The fraction of sp³-hybridized carbons (Fsp3) is 0.250. The standard InChI is InChI=1S/C8H7ClFNO4S/c9-7-2-1-6(3-4-16(10,14)15)5-8(7)11(12)13/h1-2,5H,3-4H2. The van der Waals surface area contributed by atoms with Gasteiger partial charge < -0.3 is 0 Å². The van der Waals surface area contributed by atoms with Gasteiger partial charge in [-0.3, -0.25) is 10.1 Å². The van der Waals surface area contributed by atoms with Crippen molar-refractivity contribution in [1.29, 1.82) is 0 Å². The Morgan fingerprint density at radius 1 is 1.44 bits per heavy atom. The van der Waals surface area contributed by atoms with Crippen molar-refractivity contribution < 1.29 is 17.2 Å². The number of aryl methyl sites for hydroxylation is 1. The molecule has 1 aromatic rings. The Morgan fingerprint density at radius 3 is 2.56 bits per heavy atom. The SMILES string of the molecule is O=[N+]([O-])c1cc(CCS(=O)(=O)F)ccc1Cl. The van der Waals surface area contributed by atoms with Crippen molar-refractivity contribution in [1.82, 2.24) is 0 Å². The molecule has 0 spiro atoms. The summed E-state index contributed by atoms with van der Waals surface area (Å²) in [5.74, 6) is -0.703. The molecule has 16 heavy (non-hydrogen) atoms. The van der Waals surface area contributed by atoms with E-state index >= 15 is 0 Å². The molecule has 0 atom stereocenters. The van der Waals surface area contributed by atoms with Gasteiger partial charge in [0.15, 0.2) is 0 Å². The molecule has 0 amide bonds. The summed E-state index contributed by atoms with van der Waals surface area (Å²) in [6.45, 7) is 0. The van der Waals surface area contributed by atoms with Gasteiger partial charge in [0.2, 0.25) is 0 Å². The third kappa shape index (κ3) is 3.74. The lowest BCUT2D eigenvalue weighted by molar-refractivity contribution is -0.384. The van der Waals surface area contributed by atoms with Crippen LogP contribution < -0.4 is 0 Å². The first-order valence-electron chi connectivity index (χ1n) is 4.15. The second-order valence-corrected chi connectivity index (χ2v) is 4.93. The van der Waals surface area contributed by atoms with Gasteiger partial charge in [-0.15, -0.1) is 3.89 Å². The first-order valence-corrected chi connectivity index (χ1v) is 6.08. The average Bonchev–Trinajstić information content (AvgIpc) is 2.14. The van der Waals surface area contributed by atoms with Crippen LogP contribution >= 0.6 is 11.6 Å². The number of hydrogen-bond donors (Lipinski definition) is 0. The van der Waals surface area contributed by atoms with Crippen molar-refractivity contribution in [3.05, 3.63) is 38.9 Å². The zero-order valence-corrected chi connectivity index (χ0v) is 9.46. The van der Waals surface area contributed by atoms with Crippen molar-refractivity contribution in [2.24, 2.45) is 0 Å². The largest absolute Gasteiger partial charge is 0.302 e. The monoisotopic (exact) mass is 267 g/mol. The molecule has 88 valence electrons. The van der Waals surface area contributed by atoms with E-state index in [-0.39, 0.29) is 17.1 Å². The fourth-order valence-electron chi connectivity index (χ4n) is 1.09. The molecule has 8 heteroatoms. The van der Waals surface area contributed by atoms with Gasteiger partial charge in [-0.1, -0.05) is 17.7 Å². The Hall–Kier alpha value is -1.21. The lowest BCUT2D eigenvalue weighted by atomic mass is 10.1. The molecular weight excluding hydrogens is 261 g/mol. The number of rotatable bonds is 4. The molecule has 1 rings (SSSR count). The molecule has 0 heterocycles. The van der Waals surface area contributed by atoms with E-state index in [4.69, 9.17) is 11.6 Å². The minimum Gasteiger partial charge on any atom is -0.258 e. The van der Waals surface area contributed by atoms with Gasteiger partial charge in [0.25, 0.3) is 5.69 Å². The molecule has 0 saturated carbocycles. The van der Waals surface area contributed by atoms with Gasteiger partial charge in [0.05, 0.1) is 10.7 Å². The topological polar surface area (TPSA) is 77.3 Å². The minimum absolute atomic E-state index is 0.0446. The first-order chi connectivity index (χ1) is 7.29. The number of nitro benzene ring substituents is 1. The normalized spacial score (nSPS) is 11.4. The fourth-order valence-corrected chi connectivity index (χ4v) is 1.76. The summed E-state index contributed by atoms with van der Waals surface area (Å²) >= 11 is 5.55. The van der Waals surface area contributed by atoms with Crippen LogP contribution in [-0.4, -0.2) is 19.1 Å². The smallest absolute Gasteiger partial charge is 0.258 e. The van der Waals surface area contributed by atoms with E-state index in [1.165, 1.54) is 12.1 Å². The van der Waals surface area contributed by atoms with E-state index < -0.39 is 20.9 Å². The maximum Gasteiger partial charge on any atom is 0.302 e. The van der Waals surface area contributed by atoms with E-state index in [1.54, 1.807) is 0 Å². The summed E-state index contributed by atoms with van der Waals surface area (Å²) in [4.78, 5) is 9.82. The minimum atomic E-state index is -4.57. The summed E-state index contributed by atoms with van der Waals surface area (Å²) in [6.07, 6.45) is -0.128. The first kappa shape index (κ1) is 12.9. The molecule has 0 aliphatic heterocycles. The molecule has 0 radical (unpaired) electrons. The van der Waals surface area contributed by atoms with E-state index in [9.17, 15) is 22.4 Å². The number of nitrogens with zero attached hydrogens (tertiary/aromatic N) is 1. The highest BCUT2D eigenvalue weighted by molar-refractivity contribution is 7.86. The lowest BCUT2D eigenvalue weighted by Crippen LogP contribution is -2.02.